The number of aryl methyl sites for hydroxylation is 1. The Balaban J connectivity index is 3.00. The van der Waals surface area contributed by atoms with Crippen LogP contribution >= 0.6 is 0 Å². The second-order valence-corrected chi connectivity index (χ2v) is 5.19. The van der Waals surface area contributed by atoms with Gasteiger partial charge in [-0.05, 0) is 6.92 Å². The van der Waals surface area contributed by atoms with Crippen molar-refractivity contribution in [2.45, 2.75) is 38.4 Å². The standard InChI is InChI=1S/C8H16N4O2S/c1-5(2)10-4-7-6(3)11-12-8(7)15(9,13)14/h5,10H,4H2,1-3H3,(H,11,12)(H2,9,13,14). The summed E-state index contributed by atoms with van der Waals surface area (Å²) in [5, 5.41) is 14.4. The van der Waals surface area contributed by atoms with E-state index in [1.807, 2.05) is 13.8 Å². The third-order valence-corrected chi connectivity index (χ3v) is 2.87. The van der Waals surface area contributed by atoms with E-state index < -0.39 is 10.0 Å². The van der Waals surface area contributed by atoms with E-state index in [1.54, 1.807) is 6.92 Å². The average Bonchev–Trinajstić information content (AvgIpc) is 2.42. The van der Waals surface area contributed by atoms with Gasteiger partial charge >= 0.3 is 0 Å². The number of nitrogens with zero attached hydrogens (tertiary/aromatic N) is 1. The molecule has 1 heterocycles. The molecular formula is C8H16N4O2S. The van der Waals surface area contributed by atoms with E-state index in [0.717, 1.165) is 0 Å². The van der Waals surface area contributed by atoms with Gasteiger partial charge in [0.2, 0.25) is 0 Å². The molecule has 1 rings (SSSR count). The second-order valence-electron chi connectivity index (χ2n) is 3.71. The SMILES string of the molecule is Cc1[nH]nc(S(N)(=O)=O)c1CNC(C)C. The monoisotopic (exact) mass is 232 g/mol. The zero-order valence-electron chi connectivity index (χ0n) is 9.03. The molecular weight excluding hydrogens is 216 g/mol. The molecule has 86 valence electrons. The zero-order chi connectivity index (χ0) is 11.6. The van der Waals surface area contributed by atoms with Gasteiger partial charge in [0, 0.05) is 23.8 Å². The maximum Gasteiger partial charge on any atom is 0.257 e. The molecule has 1 aromatic heterocycles. The molecule has 0 aliphatic carbocycles. The molecule has 0 saturated carbocycles. The van der Waals surface area contributed by atoms with Crippen molar-refractivity contribution in [3.05, 3.63) is 11.3 Å². The topological polar surface area (TPSA) is 101 Å². The fourth-order valence-electron chi connectivity index (χ4n) is 1.18. The first-order chi connectivity index (χ1) is 6.82. The number of nitrogens with two attached hydrogens (primary N) is 1. The van der Waals surface area contributed by atoms with E-state index in [4.69, 9.17) is 5.14 Å². The van der Waals surface area contributed by atoms with Gasteiger partial charge in [0.25, 0.3) is 10.0 Å². The van der Waals surface area contributed by atoms with E-state index in [2.05, 4.69) is 15.5 Å². The lowest BCUT2D eigenvalue weighted by molar-refractivity contribution is 0.572. The maximum atomic E-state index is 11.2. The summed E-state index contributed by atoms with van der Waals surface area (Å²) in [6.07, 6.45) is 0. The van der Waals surface area contributed by atoms with Gasteiger partial charge in [0.1, 0.15) is 0 Å². The van der Waals surface area contributed by atoms with E-state index in [9.17, 15) is 8.42 Å². The molecule has 0 bridgehead atoms. The van der Waals surface area contributed by atoms with Gasteiger partial charge in [-0.25, -0.2) is 13.6 Å². The normalized spacial score (nSPS) is 12.3. The van der Waals surface area contributed by atoms with Crippen LogP contribution in [0.2, 0.25) is 0 Å². The van der Waals surface area contributed by atoms with Crippen LogP contribution < -0.4 is 10.5 Å². The highest BCUT2D eigenvalue weighted by Gasteiger charge is 2.19. The van der Waals surface area contributed by atoms with Gasteiger partial charge in [-0.2, -0.15) is 5.10 Å². The van der Waals surface area contributed by atoms with Crippen molar-refractivity contribution in [3.8, 4) is 0 Å². The number of sulfonamides is 1. The van der Waals surface area contributed by atoms with Crippen molar-refractivity contribution in [1.82, 2.24) is 15.5 Å². The molecule has 0 fully saturated rings. The Hall–Kier alpha value is -0.920. The Morgan fingerprint density at radius 3 is 2.60 bits per heavy atom. The lowest BCUT2D eigenvalue weighted by Crippen LogP contribution is -2.24. The number of H-pyrrole nitrogens is 1. The summed E-state index contributed by atoms with van der Waals surface area (Å²) in [6, 6.07) is 0.271. The fraction of sp³-hybridized carbons (Fsp3) is 0.625. The number of aromatic nitrogens is 2. The molecule has 0 radical (unpaired) electrons. The molecule has 0 aliphatic heterocycles. The highest BCUT2D eigenvalue weighted by molar-refractivity contribution is 7.89. The molecule has 7 heteroatoms. The molecule has 6 nitrogen and oxygen atoms in total. The minimum atomic E-state index is -3.74. The van der Waals surface area contributed by atoms with Gasteiger partial charge in [0.15, 0.2) is 5.03 Å². The Bertz CT molecular complexity index is 435. The Morgan fingerprint density at radius 1 is 1.53 bits per heavy atom. The summed E-state index contributed by atoms with van der Waals surface area (Å²) in [5.41, 5.74) is 1.32. The zero-order valence-corrected chi connectivity index (χ0v) is 9.85. The lowest BCUT2D eigenvalue weighted by atomic mass is 10.2. The van der Waals surface area contributed by atoms with Crippen LogP contribution in [-0.2, 0) is 16.6 Å². The van der Waals surface area contributed by atoms with Crippen LogP contribution in [0.1, 0.15) is 25.1 Å². The Morgan fingerprint density at radius 2 is 2.13 bits per heavy atom. The second kappa shape index (κ2) is 4.30. The molecule has 0 saturated heterocycles. The molecule has 0 aromatic carbocycles. The largest absolute Gasteiger partial charge is 0.310 e. The molecule has 4 N–H and O–H groups in total. The first kappa shape index (κ1) is 12.2. The number of aromatic amines is 1. The third kappa shape index (κ3) is 3.01. The van der Waals surface area contributed by atoms with Crippen LogP contribution in [0.15, 0.2) is 5.03 Å². The highest BCUT2D eigenvalue weighted by atomic mass is 32.2. The molecule has 15 heavy (non-hydrogen) atoms. The van der Waals surface area contributed by atoms with Crippen LogP contribution in [-0.4, -0.2) is 24.7 Å². The molecule has 0 spiro atoms. The van der Waals surface area contributed by atoms with E-state index in [0.29, 0.717) is 17.8 Å². The van der Waals surface area contributed by atoms with Crippen LogP contribution in [0.5, 0.6) is 0 Å². The average molecular weight is 232 g/mol. The van der Waals surface area contributed by atoms with Crippen molar-refractivity contribution >= 4 is 10.0 Å². The quantitative estimate of drug-likeness (QED) is 0.672. The van der Waals surface area contributed by atoms with Crippen molar-refractivity contribution < 1.29 is 8.42 Å². The summed E-state index contributed by atoms with van der Waals surface area (Å²) in [5.74, 6) is 0. The lowest BCUT2D eigenvalue weighted by Gasteiger charge is -2.08. The Labute approximate surface area is 89.3 Å². The minimum absolute atomic E-state index is 0.0758. The minimum Gasteiger partial charge on any atom is -0.310 e. The summed E-state index contributed by atoms with van der Waals surface area (Å²) in [7, 11) is -3.74. The number of hydrogen-bond acceptors (Lipinski definition) is 4. The van der Waals surface area contributed by atoms with Crippen molar-refractivity contribution in [2.24, 2.45) is 5.14 Å². The van der Waals surface area contributed by atoms with Gasteiger partial charge < -0.3 is 5.32 Å². The van der Waals surface area contributed by atoms with Crippen molar-refractivity contribution in [3.63, 3.8) is 0 Å². The molecule has 1 aromatic rings. The number of rotatable bonds is 4. The molecule has 0 atom stereocenters. The van der Waals surface area contributed by atoms with Gasteiger partial charge in [0.05, 0.1) is 0 Å². The first-order valence-corrected chi connectivity index (χ1v) is 6.17. The highest BCUT2D eigenvalue weighted by Crippen LogP contribution is 2.14. The van der Waals surface area contributed by atoms with Crippen LogP contribution in [0.25, 0.3) is 0 Å². The van der Waals surface area contributed by atoms with Crippen LogP contribution in [0.3, 0.4) is 0 Å². The molecule has 0 aliphatic rings. The maximum absolute atomic E-state index is 11.2. The summed E-state index contributed by atoms with van der Waals surface area (Å²) in [4.78, 5) is 0. The third-order valence-electron chi connectivity index (χ3n) is 1.99. The van der Waals surface area contributed by atoms with Crippen molar-refractivity contribution in [1.29, 1.82) is 0 Å². The van der Waals surface area contributed by atoms with Crippen LogP contribution in [0.4, 0.5) is 0 Å². The van der Waals surface area contributed by atoms with E-state index in [-0.39, 0.29) is 11.1 Å². The number of nitrogens with one attached hydrogen (secondary N) is 2. The van der Waals surface area contributed by atoms with E-state index in [1.165, 1.54) is 0 Å². The summed E-state index contributed by atoms with van der Waals surface area (Å²) in [6.45, 7) is 6.16. The number of primary sulfonamides is 1. The summed E-state index contributed by atoms with van der Waals surface area (Å²) < 4.78 is 22.4. The van der Waals surface area contributed by atoms with Crippen molar-refractivity contribution in [2.75, 3.05) is 0 Å². The fourth-order valence-corrected chi connectivity index (χ4v) is 1.92. The predicted octanol–water partition coefficient (Wildman–Crippen LogP) is -0.136. The Kier molecular flexibility index (Phi) is 3.48. The van der Waals surface area contributed by atoms with Crippen LogP contribution in [0, 0.1) is 6.92 Å². The smallest absolute Gasteiger partial charge is 0.257 e. The molecule has 0 unspecified atom stereocenters. The molecule has 0 amide bonds. The van der Waals surface area contributed by atoms with Gasteiger partial charge in [-0.15, -0.1) is 0 Å². The van der Waals surface area contributed by atoms with Gasteiger partial charge in [-0.3, -0.25) is 5.10 Å². The first-order valence-electron chi connectivity index (χ1n) is 4.62. The summed E-state index contributed by atoms with van der Waals surface area (Å²) >= 11 is 0. The van der Waals surface area contributed by atoms with E-state index >= 15 is 0 Å². The predicted molar refractivity (Wildman–Crippen MR) is 56.7 cm³/mol. The van der Waals surface area contributed by atoms with Gasteiger partial charge in [-0.1, -0.05) is 13.8 Å². The number of hydrogen-bond donors (Lipinski definition) is 3.